The number of piperidine rings is 1. The van der Waals surface area contributed by atoms with Crippen LogP contribution >= 0.6 is 0 Å². The highest BCUT2D eigenvalue weighted by Crippen LogP contribution is 2.30. The first-order chi connectivity index (χ1) is 10.8. The maximum atomic E-state index is 13.6. The molecule has 1 saturated heterocycles. The van der Waals surface area contributed by atoms with Gasteiger partial charge in [-0.05, 0) is 51.6 Å². The molecule has 128 valence electrons. The smallest absolute Gasteiger partial charge is 0.321 e. The van der Waals surface area contributed by atoms with E-state index in [-0.39, 0.29) is 23.9 Å². The lowest BCUT2D eigenvalue weighted by molar-refractivity contribution is 0.0294. The van der Waals surface area contributed by atoms with Gasteiger partial charge >= 0.3 is 6.03 Å². The summed E-state index contributed by atoms with van der Waals surface area (Å²) in [5.41, 5.74) is 0.703. The van der Waals surface area contributed by atoms with Gasteiger partial charge in [-0.2, -0.15) is 0 Å². The summed E-state index contributed by atoms with van der Waals surface area (Å²) in [5, 5.41) is 12.6. The lowest BCUT2D eigenvalue weighted by atomic mass is 9.80. The lowest BCUT2D eigenvalue weighted by Gasteiger charge is -2.43. The molecule has 23 heavy (non-hydrogen) atoms. The van der Waals surface area contributed by atoms with Crippen LogP contribution in [-0.4, -0.2) is 61.3 Å². The zero-order chi connectivity index (χ0) is 17.0. The fourth-order valence-electron chi connectivity index (χ4n) is 3.23. The van der Waals surface area contributed by atoms with Crippen molar-refractivity contribution in [3.63, 3.8) is 0 Å². The Balaban J connectivity index is 2.05. The van der Waals surface area contributed by atoms with E-state index in [1.54, 1.807) is 24.0 Å². The summed E-state index contributed by atoms with van der Waals surface area (Å²) in [4.78, 5) is 16.2. The summed E-state index contributed by atoms with van der Waals surface area (Å²) in [7, 11) is 3.93. The maximum absolute atomic E-state index is 13.6. The number of urea groups is 1. The number of anilines is 1. The number of carbonyl (C=O) groups excluding carboxylic acids is 1. The molecule has 2 rings (SSSR count). The monoisotopic (exact) mass is 323 g/mol. The number of halogens is 1. The van der Waals surface area contributed by atoms with Gasteiger partial charge in [-0.3, -0.25) is 0 Å². The van der Waals surface area contributed by atoms with Gasteiger partial charge < -0.3 is 20.2 Å². The van der Waals surface area contributed by atoms with Crippen molar-refractivity contribution in [3.05, 3.63) is 29.6 Å². The van der Waals surface area contributed by atoms with Crippen LogP contribution in [-0.2, 0) is 0 Å². The minimum Gasteiger partial charge on any atom is -0.396 e. The second-order valence-corrected chi connectivity index (χ2v) is 6.82. The number of benzene rings is 1. The summed E-state index contributed by atoms with van der Waals surface area (Å²) in [6, 6.07) is 4.42. The maximum Gasteiger partial charge on any atom is 0.321 e. The number of amides is 2. The van der Waals surface area contributed by atoms with E-state index in [1.165, 1.54) is 6.07 Å². The average molecular weight is 323 g/mol. The minimum absolute atomic E-state index is 0.0497. The molecule has 6 heteroatoms. The molecule has 2 N–H and O–H groups in total. The van der Waals surface area contributed by atoms with Gasteiger partial charge in [0, 0.05) is 30.7 Å². The SMILES string of the molecule is Cc1ccc(NC(=O)N2CCC[C@@](CO)(CN(C)C)C2)cc1F. The first-order valence-corrected chi connectivity index (χ1v) is 7.93. The molecule has 1 fully saturated rings. The molecule has 5 nitrogen and oxygen atoms in total. The van der Waals surface area contributed by atoms with Crippen LogP contribution in [0.4, 0.5) is 14.9 Å². The first kappa shape index (κ1) is 17.7. The quantitative estimate of drug-likeness (QED) is 0.894. The Labute approximate surface area is 137 Å². The average Bonchev–Trinajstić information content (AvgIpc) is 2.50. The number of rotatable bonds is 4. The van der Waals surface area contributed by atoms with Gasteiger partial charge in [-0.15, -0.1) is 0 Å². The van der Waals surface area contributed by atoms with Gasteiger partial charge in [-0.1, -0.05) is 6.07 Å². The predicted molar refractivity (Wildman–Crippen MR) is 89.0 cm³/mol. The highest BCUT2D eigenvalue weighted by molar-refractivity contribution is 5.89. The van der Waals surface area contributed by atoms with E-state index in [9.17, 15) is 14.3 Å². The van der Waals surface area contributed by atoms with E-state index in [2.05, 4.69) is 5.32 Å². The third-order valence-electron chi connectivity index (χ3n) is 4.36. The largest absolute Gasteiger partial charge is 0.396 e. The molecule has 0 unspecified atom stereocenters. The number of likely N-dealkylation sites (tertiary alicyclic amines) is 1. The molecule has 0 bridgehead atoms. The Bertz CT molecular complexity index is 565. The van der Waals surface area contributed by atoms with Crippen molar-refractivity contribution in [3.8, 4) is 0 Å². The molecule has 1 aliphatic rings. The summed E-state index contributed by atoms with van der Waals surface area (Å²) < 4.78 is 13.6. The zero-order valence-electron chi connectivity index (χ0n) is 14.1. The number of aryl methyl sites for hydroxylation is 1. The standard InChI is InChI=1S/C17H26FN3O2/c1-13-5-6-14(9-15(13)18)19-16(23)21-8-4-7-17(11-21,12-22)10-20(2)3/h5-6,9,22H,4,7-8,10-12H2,1-3H3,(H,19,23)/t17-/m1/s1. The van der Waals surface area contributed by atoms with Crippen molar-refractivity contribution in [2.24, 2.45) is 5.41 Å². The van der Waals surface area contributed by atoms with Gasteiger partial charge in [0.1, 0.15) is 5.82 Å². The Hall–Kier alpha value is -1.66. The Morgan fingerprint density at radius 3 is 2.83 bits per heavy atom. The Morgan fingerprint density at radius 1 is 1.48 bits per heavy atom. The highest BCUT2D eigenvalue weighted by Gasteiger charge is 2.37. The summed E-state index contributed by atoms with van der Waals surface area (Å²) >= 11 is 0. The number of aliphatic hydroxyl groups is 1. The normalized spacial score (nSPS) is 21.6. The van der Waals surface area contributed by atoms with E-state index in [0.29, 0.717) is 24.3 Å². The number of aliphatic hydroxyl groups excluding tert-OH is 1. The number of carbonyl (C=O) groups is 1. The molecule has 1 aromatic rings. The fourth-order valence-corrected chi connectivity index (χ4v) is 3.23. The second kappa shape index (κ2) is 7.27. The van der Waals surface area contributed by atoms with Crippen molar-refractivity contribution in [2.45, 2.75) is 19.8 Å². The second-order valence-electron chi connectivity index (χ2n) is 6.82. The molecule has 1 aromatic carbocycles. The van der Waals surface area contributed by atoms with Crippen LogP contribution in [0.1, 0.15) is 18.4 Å². The minimum atomic E-state index is -0.334. The molecule has 2 amide bonds. The first-order valence-electron chi connectivity index (χ1n) is 7.93. The van der Waals surface area contributed by atoms with Crippen molar-refractivity contribution in [2.75, 3.05) is 45.7 Å². The molecule has 0 aromatic heterocycles. The van der Waals surface area contributed by atoms with Crippen LogP contribution in [0, 0.1) is 18.2 Å². The van der Waals surface area contributed by atoms with Crippen LogP contribution < -0.4 is 5.32 Å². The van der Waals surface area contributed by atoms with E-state index in [4.69, 9.17) is 0 Å². The van der Waals surface area contributed by atoms with Crippen LogP contribution in [0.5, 0.6) is 0 Å². The molecule has 0 aliphatic carbocycles. The van der Waals surface area contributed by atoms with Crippen LogP contribution in [0.25, 0.3) is 0 Å². The van der Waals surface area contributed by atoms with E-state index >= 15 is 0 Å². The van der Waals surface area contributed by atoms with E-state index < -0.39 is 0 Å². The molecular formula is C17H26FN3O2. The lowest BCUT2D eigenvalue weighted by Crippen LogP contribution is -2.52. The molecule has 1 atom stereocenters. The van der Waals surface area contributed by atoms with Crippen molar-refractivity contribution < 1.29 is 14.3 Å². The number of nitrogens with one attached hydrogen (secondary N) is 1. The predicted octanol–water partition coefficient (Wildman–Crippen LogP) is 2.30. The summed E-state index contributed by atoms with van der Waals surface area (Å²) in [6.07, 6.45) is 1.74. The van der Waals surface area contributed by atoms with Crippen LogP contribution in [0.3, 0.4) is 0 Å². The zero-order valence-corrected chi connectivity index (χ0v) is 14.1. The third-order valence-corrected chi connectivity index (χ3v) is 4.36. The summed E-state index contributed by atoms with van der Waals surface area (Å²) in [6.45, 7) is 3.61. The summed E-state index contributed by atoms with van der Waals surface area (Å²) in [5.74, 6) is -0.334. The van der Waals surface area contributed by atoms with Gasteiger partial charge in [0.2, 0.25) is 0 Å². The molecule has 0 radical (unpaired) electrons. The van der Waals surface area contributed by atoms with Crippen LogP contribution in [0.2, 0.25) is 0 Å². The molecule has 0 saturated carbocycles. The molecule has 1 aliphatic heterocycles. The highest BCUT2D eigenvalue weighted by atomic mass is 19.1. The number of hydrogen-bond donors (Lipinski definition) is 2. The molecule has 1 heterocycles. The Morgan fingerprint density at radius 2 is 2.22 bits per heavy atom. The van der Waals surface area contributed by atoms with Gasteiger partial charge in [0.15, 0.2) is 0 Å². The van der Waals surface area contributed by atoms with E-state index in [1.807, 2.05) is 19.0 Å². The third kappa shape index (κ3) is 4.42. The van der Waals surface area contributed by atoms with Crippen molar-refractivity contribution in [1.29, 1.82) is 0 Å². The topological polar surface area (TPSA) is 55.8 Å². The number of hydrogen-bond acceptors (Lipinski definition) is 3. The van der Waals surface area contributed by atoms with Gasteiger partial charge in [-0.25, -0.2) is 9.18 Å². The molecular weight excluding hydrogens is 297 g/mol. The molecule has 0 spiro atoms. The van der Waals surface area contributed by atoms with Crippen LogP contribution in [0.15, 0.2) is 18.2 Å². The van der Waals surface area contributed by atoms with E-state index in [0.717, 1.165) is 19.4 Å². The van der Waals surface area contributed by atoms with Crippen molar-refractivity contribution in [1.82, 2.24) is 9.80 Å². The number of nitrogens with zero attached hydrogens (tertiary/aromatic N) is 2. The van der Waals surface area contributed by atoms with Gasteiger partial charge in [0.25, 0.3) is 0 Å². The van der Waals surface area contributed by atoms with Gasteiger partial charge in [0.05, 0.1) is 6.61 Å². The fraction of sp³-hybridized carbons (Fsp3) is 0.588. The van der Waals surface area contributed by atoms with Crippen molar-refractivity contribution >= 4 is 11.7 Å². The Kier molecular flexibility index (Phi) is 5.59.